The zero-order valence-electron chi connectivity index (χ0n) is 19.6. The normalized spacial score (nSPS) is 48.7. The van der Waals surface area contributed by atoms with Gasteiger partial charge in [-0.05, 0) is 113 Å². The Morgan fingerprint density at radius 2 is 1.70 bits per heavy atom. The van der Waals surface area contributed by atoms with Crippen LogP contribution in [-0.2, 0) is 5.60 Å². The minimum Gasteiger partial charge on any atom is -0.390 e. The van der Waals surface area contributed by atoms with E-state index in [9.17, 15) is 10.2 Å². The van der Waals surface area contributed by atoms with Crippen LogP contribution in [0, 0.1) is 34.5 Å². The predicted molar refractivity (Wildman–Crippen MR) is 117 cm³/mol. The van der Waals surface area contributed by atoms with E-state index in [1.807, 2.05) is 6.07 Å². The molecule has 168 valence electrons. The molecule has 4 aliphatic carbocycles. The lowest BCUT2D eigenvalue weighted by molar-refractivity contribution is -0.143. The molecule has 0 amide bonds. The Kier molecular flexibility index (Phi) is 4.60. The Hall–Kier alpha value is -0.870. The highest BCUT2D eigenvalue weighted by molar-refractivity contribution is 5.22. The van der Waals surface area contributed by atoms with E-state index in [-0.39, 0.29) is 5.41 Å². The third-order valence-electron chi connectivity index (χ3n) is 10.4. The molecular weight excluding hydrogens is 374 g/mol. The molecule has 5 rings (SSSR count). The standard InChI is InChI=1S/C26H41NO3/c1-23(2,28)22-14-21(27-30-22)20-9-8-18-17-7-6-16-15-24(3,29)12-13-25(16,4)19(17)10-11-26(18,20)5/h14,16-20,28-29H,6-13,15H2,1-5H3/t16-,17?,18?,19?,20+,24+,25-,26-/m0/s1. The fourth-order valence-corrected chi connectivity index (χ4v) is 8.66. The second-order valence-corrected chi connectivity index (χ2v) is 12.7. The zero-order chi connectivity index (χ0) is 21.5. The van der Waals surface area contributed by atoms with Gasteiger partial charge in [0.25, 0.3) is 0 Å². The molecule has 0 aliphatic heterocycles. The lowest BCUT2D eigenvalue weighted by Gasteiger charge is -2.61. The molecule has 0 radical (unpaired) electrons. The largest absolute Gasteiger partial charge is 0.390 e. The Morgan fingerprint density at radius 1 is 0.967 bits per heavy atom. The topological polar surface area (TPSA) is 66.5 Å². The van der Waals surface area contributed by atoms with Crippen LogP contribution in [0.2, 0.25) is 0 Å². The van der Waals surface area contributed by atoms with Gasteiger partial charge in [0.05, 0.1) is 11.3 Å². The Balaban J connectivity index is 1.40. The summed E-state index contributed by atoms with van der Waals surface area (Å²) in [6, 6.07) is 2.02. The summed E-state index contributed by atoms with van der Waals surface area (Å²) in [6.45, 7) is 10.7. The van der Waals surface area contributed by atoms with Gasteiger partial charge in [-0.25, -0.2) is 0 Å². The van der Waals surface area contributed by atoms with Crippen LogP contribution < -0.4 is 0 Å². The summed E-state index contributed by atoms with van der Waals surface area (Å²) in [6.07, 6.45) is 10.9. The van der Waals surface area contributed by atoms with Crippen LogP contribution in [0.15, 0.2) is 10.6 Å². The fourth-order valence-electron chi connectivity index (χ4n) is 8.66. The predicted octanol–water partition coefficient (Wildman–Crippen LogP) is 5.78. The molecule has 4 heteroatoms. The van der Waals surface area contributed by atoms with Crippen molar-refractivity contribution in [3.63, 3.8) is 0 Å². The van der Waals surface area contributed by atoms with Gasteiger partial charge in [-0.1, -0.05) is 19.0 Å². The highest BCUT2D eigenvalue weighted by Crippen LogP contribution is 2.69. The molecule has 0 saturated heterocycles. The van der Waals surface area contributed by atoms with Crippen molar-refractivity contribution in [1.29, 1.82) is 0 Å². The van der Waals surface area contributed by atoms with E-state index in [4.69, 9.17) is 4.52 Å². The number of hydrogen-bond acceptors (Lipinski definition) is 4. The number of aromatic nitrogens is 1. The maximum absolute atomic E-state index is 10.7. The molecule has 3 unspecified atom stereocenters. The van der Waals surface area contributed by atoms with Crippen LogP contribution in [0.4, 0.5) is 0 Å². The Morgan fingerprint density at radius 3 is 2.40 bits per heavy atom. The van der Waals surface area contributed by atoms with Gasteiger partial charge in [-0.3, -0.25) is 0 Å². The lowest BCUT2D eigenvalue weighted by Crippen LogP contribution is -2.55. The quantitative estimate of drug-likeness (QED) is 0.642. The van der Waals surface area contributed by atoms with Gasteiger partial charge >= 0.3 is 0 Å². The van der Waals surface area contributed by atoms with Crippen molar-refractivity contribution in [3.8, 4) is 0 Å². The minimum atomic E-state index is -0.975. The average Bonchev–Trinajstić information content (AvgIpc) is 3.26. The summed E-state index contributed by atoms with van der Waals surface area (Å²) in [5.41, 5.74) is 0.329. The highest BCUT2D eigenvalue weighted by atomic mass is 16.5. The first-order valence-electron chi connectivity index (χ1n) is 12.4. The highest BCUT2D eigenvalue weighted by Gasteiger charge is 2.61. The molecule has 0 aromatic carbocycles. The van der Waals surface area contributed by atoms with E-state index in [1.54, 1.807) is 13.8 Å². The summed E-state index contributed by atoms with van der Waals surface area (Å²) in [4.78, 5) is 0. The van der Waals surface area contributed by atoms with Crippen LogP contribution in [-0.4, -0.2) is 21.0 Å². The fraction of sp³-hybridized carbons (Fsp3) is 0.885. The minimum absolute atomic E-state index is 0.290. The monoisotopic (exact) mass is 415 g/mol. The molecule has 1 aromatic heterocycles. The van der Waals surface area contributed by atoms with Crippen LogP contribution in [0.25, 0.3) is 0 Å². The van der Waals surface area contributed by atoms with Crippen molar-refractivity contribution in [2.45, 2.75) is 110 Å². The molecule has 1 aromatic rings. The molecule has 0 spiro atoms. The molecule has 4 aliphatic rings. The van der Waals surface area contributed by atoms with Gasteiger partial charge in [0.1, 0.15) is 5.60 Å². The molecule has 2 N–H and O–H groups in total. The first-order chi connectivity index (χ1) is 13.9. The number of nitrogens with zero attached hydrogens (tertiary/aromatic N) is 1. The van der Waals surface area contributed by atoms with Crippen LogP contribution >= 0.6 is 0 Å². The maximum Gasteiger partial charge on any atom is 0.167 e. The van der Waals surface area contributed by atoms with Crippen molar-refractivity contribution in [3.05, 3.63) is 17.5 Å². The van der Waals surface area contributed by atoms with Gasteiger partial charge < -0.3 is 14.7 Å². The smallest absolute Gasteiger partial charge is 0.167 e. The summed E-state index contributed by atoms with van der Waals surface area (Å²) in [5.74, 6) is 4.12. The molecular formula is C26H41NO3. The average molecular weight is 416 g/mol. The van der Waals surface area contributed by atoms with Gasteiger partial charge in [0.2, 0.25) is 0 Å². The Labute approximate surface area is 181 Å². The second kappa shape index (κ2) is 6.57. The van der Waals surface area contributed by atoms with Gasteiger partial charge in [0.15, 0.2) is 5.76 Å². The molecule has 4 fully saturated rings. The zero-order valence-corrected chi connectivity index (χ0v) is 19.6. The number of fused-ring (bicyclic) bond motifs is 5. The van der Waals surface area contributed by atoms with Crippen molar-refractivity contribution in [1.82, 2.24) is 5.16 Å². The first kappa shape index (κ1) is 21.0. The van der Waals surface area contributed by atoms with Crippen LogP contribution in [0.5, 0.6) is 0 Å². The van der Waals surface area contributed by atoms with Crippen molar-refractivity contribution >= 4 is 0 Å². The first-order valence-corrected chi connectivity index (χ1v) is 12.4. The van der Waals surface area contributed by atoms with Crippen LogP contribution in [0.3, 0.4) is 0 Å². The summed E-state index contributed by atoms with van der Waals surface area (Å²) < 4.78 is 5.56. The lowest BCUT2D eigenvalue weighted by atomic mass is 9.44. The maximum atomic E-state index is 10.7. The summed E-state index contributed by atoms with van der Waals surface area (Å²) >= 11 is 0. The van der Waals surface area contributed by atoms with E-state index < -0.39 is 11.2 Å². The molecule has 4 saturated carbocycles. The van der Waals surface area contributed by atoms with Gasteiger partial charge in [-0.15, -0.1) is 0 Å². The second-order valence-electron chi connectivity index (χ2n) is 12.7. The van der Waals surface area contributed by atoms with E-state index in [1.165, 1.54) is 44.9 Å². The molecule has 1 heterocycles. The Bertz CT molecular complexity index is 807. The molecule has 30 heavy (non-hydrogen) atoms. The van der Waals surface area contributed by atoms with E-state index >= 15 is 0 Å². The molecule has 8 atom stereocenters. The third kappa shape index (κ3) is 3.03. The molecule has 4 nitrogen and oxygen atoms in total. The van der Waals surface area contributed by atoms with Gasteiger partial charge in [0, 0.05) is 12.0 Å². The van der Waals surface area contributed by atoms with Crippen molar-refractivity contribution < 1.29 is 14.7 Å². The third-order valence-corrected chi connectivity index (χ3v) is 10.4. The SMILES string of the molecule is CC(C)(O)c1cc([C@H]2CCC3C4CC[C@H]5C[C@](C)(O)CC[C@]5(C)C4CC[C@@]32C)no1. The summed E-state index contributed by atoms with van der Waals surface area (Å²) in [5, 5.41) is 25.5. The van der Waals surface area contributed by atoms with Crippen LogP contribution in [0.1, 0.15) is 110 Å². The number of aliphatic hydroxyl groups is 2. The van der Waals surface area contributed by atoms with E-state index in [0.717, 1.165) is 36.3 Å². The number of rotatable bonds is 2. The van der Waals surface area contributed by atoms with Crippen molar-refractivity contribution in [2.75, 3.05) is 0 Å². The number of hydrogen-bond donors (Lipinski definition) is 2. The van der Waals surface area contributed by atoms with E-state index in [2.05, 4.69) is 25.9 Å². The van der Waals surface area contributed by atoms with Crippen molar-refractivity contribution in [2.24, 2.45) is 34.5 Å². The molecule has 0 bridgehead atoms. The van der Waals surface area contributed by atoms with Gasteiger partial charge in [-0.2, -0.15) is 0 Å². The van der Waals surface area contributed by atoms with E-state index in [0.29, 0.717) is 23.0 Å². The summed E-state index contributed by atoms with van der Waals surface area (Å²) in [7, 11) is 0.